The summed E-state index contributed by atoms with van der Waals surface area (Å²) in [6.45, 7) is 5.29. The number of allylic oxidation sites excluding steroid dienone is 2. The van der Waals surface area contributed by atoms with Gasteiger partial charge in [-0.2, -0.15) is 87.8 Å². The molecule has 0 aliphatic heterocycles. The lowest BCUT2D eigenvalue weighted by Gasteiger charge is -2.42. The summed E-state index contributed by atoms with van der Waals surface area (Å²) < 4.78 is 301. The van der Waals surface area contributed by atoms with Gasteiger partial charge in [-0.1, -0.05) is 37.8 Å². The summed E-state index contributed by atoms with van der Waals surface area (Å²) in [5, 5.41) is 0. The third-order valence-corrected chi connectivity index (χ3v) is 7.88. The summed E-state index contributed by atoms with van der Waals surface area (Å²) in [7, 11) is 0. The molecule has 0 spiro atoms. The van der Waals surface area contributed by atoms with Crippen LogP contribution in [0.15, 0.2) is 25.3 Å². The third kappa shape index (κ3) is 9.72. The van der Waals surface area contributed by atoms with E-state index in [0.717, 1.165) is 0 Å². The lowest BCUT2D eigenvalue weighted by atomic mass is 9.80. The predicted octanol–water partition coefficient (Wildman–Crippen LogP) is 12.7. The molecule has 0 N–H and O–H groups in total. The molecule has 0 rings (SSSR count). The Morgan fingerprint density at radius 2 is 0.647 bits per heavy atom. The van der Waals surface area contributed by atoms with Crippen LogP contribution < -0.4 is 0 Å². The first-order chi connectivity index (χ1) is 22.6. The molecule has 0 saturated heterocycles. The van der Waals surface area contributed by atoms with Crippen molar-refractivity contribution in [3.05, 3.63) is 25.3 Å². The molecule has 0 aromatic heterocycles. The fourth-order valence-corrected chi connectivity index (χ4v) is 4.95. The number of rotatable bonds is 22. The Kier molecular flexibility index (Phi) is 16.2. The summed E-state index contributed by atoms with van der Waals surface area (Å²) in [5.74, 6) is -32.9. The maximum Gasteiger partial charge on any atom is 0.438 e. The Hall–Kier alpha value is -2.10. The van der Waals surface area contributed by atoms with E-state index in [9.17, 15) is 96.6 Å². The Balaban J connectivity index is 5.15. The molecule has 0 heterocycles. The van der Waals surface area contributed by atoms with E-state index >= 15 is 0 Å². The predicted molar refractivity (Wildman–Crippen MR) is 136 cm³/mol. The van der Waals surface area contributed by atoms with E-state index in [1.165, 1.54) is 0 Å². The number of unbranched alkanes of at least 4 members (excludes halogenated alkanes) is 4. The van der Waals surface area contributed by atoms with Crippen molar-refractivity contribution in [3.63, 3.8) is 0 Å². The molecular formula is C28H32F22O. The number of halogens is 22. The van der Waals surface area contributed by atoms with Crippen molar-refractivity contribution in [3.8, 4) is 0 Å². The minimum Gasteiger partial charge on any atom is -0.381 e. The molecule has 0 aromatic carbocycles. The minimum absolute atomic E-state index is 0.104. The lowest BCUT2D eigenvalue weighted by molar-refractivity contribution is -0.432. The highest BCUT2D eigenvalue weighted by Gasteiger charge is 2.91. The molecule has 1 nitrogen and oxygen atoms in total. The van der Waals surface area contributed by atoms with Crippen molar-refractivity contribution < 1.29 is 101 Å². The maximum absolute atomic E-state index is 14.5. The third-order valence-electron chi connectivity index (χ3n) is 7.88. The zero-order valence-corrected chi connectivity index (χ0v) is 25.9. The first-order valence-electron chi connectivity index (χ1n) is 14.6. The smallest absolute Gasteiger partial charge is 0.381 e. The minimum atomic E-state index is -7.61. The van der Waals surface area contributed by atoms with Gasteiger partial charge >= 0.3 is 59.7 Å². The monoisotopic (exact) mass is 802 g/mol. The van der Waals surface area contributed by atoms with E-state index in [1.54, 1.807) is 0 Å². The van der Waals surface area contributed by atoms with E-state index in [4.69, 9.17) is 4.74 Å². The molecule has 2 atom stereocenters. The fourth-order valence-electron chi connectivity index (χ4n) is 4.95. The van der Waals surface area contributed by atoms with Crippen molar-refractivity contribution >= 4 is 0 Å². The van der Waals surface area contributed by atoms with E-state index in [1.807, 2.05) is 0 Å². The number of alkyl halides is 22. The van der Waals surface area contributed by atoms with E-state index < -0.39 is 110 Å². The van der Waals surface area contributed by atoms with Gasteiger partial charge in [0.2, 0.25) is 0 Å². The van der Waals surface area contributed by atoms with Gasteiger partial charge in [-0.25, -0.2) is 8.78 Å². The molecule has 0 amide bonds. The van der Waals surface area contributed by atoms with Crippen LogP contribution in [0.5, 0.6) is 0 Å². The molecule has 0 fully saturated rings. The first-order valence-corrected chi connectivity index (χ1v) is 14.6. The second-order valence-corrected chi connectivity index (χ2v) is 11.5. The van der Waals surface area contributed by atoms with Crippen LogP contribution in [0.3, 0.4) is 0 Å². The van der Waals surface area contributed by atoms with Crippen LogP contribution in [0.2, 0.25) is 0 Å². The van der Waals surface area contributed by atoms with Crippen molar-refractivity contribution in [2.45, 2.75) is 124 Å². The van der Waals surface area contributed by atoms with Gasteiger partial charge in [0.1, 0.15) is 0 Å². The molecule has 2 unspecified atom stereocenters. The highest BCUT2D eigenvalue weighted by Crippen LogP contribution is 2.62. The van der Waals surface area contributed by atoms with Crippen LogP contribution in [0.4, 0.5) is 96.6 Å². The average molecular weight is 803 g/mol. The van der Waals surface area contributed by atoms with Crippen LogP contribution in [-0.2, 0) is 4.74 Å². The molecule has 304 valence electrons. The van der Waals surface area contributed by atoms with Crippen molar-refractivity contribution in [1.29, 1.82) is 0 Å². The number of ether oxygens (including phenoxy) is 1. The van der Waals surface area contributed by atoms with Gasteiger partial charge in [0.25, 0.3) is 0 Å². The zero-order chi connectivity index (χ0) is 40.8. The first kappa shape index (κ1) is 48.9. The summed E-state index contributed by atoms with van der Waals surface area (Å²) in [5.41, 5.74) is -15.2. The Morgan fingerprint density at radius 1 is 0.392 bits per heavy atom. The van der Waals surface area contributed by atoms with E-state index in [-0.39, 0.29) is 38.9 Å². The summed E-state index contributed by atoms with van der Waals surface area (Å²) in [4.78, 5) is 0. The normalized spacial score (nSPS) is 16.3. The molecule has 0 aliphatic carbocycles. The molecule has 51 heavy (non-hydrogen) atoms. The van der Waals surface area contributed by atoms with Crippen molar-refractivity contribution in [2.75, 3.05) is 13.2 Å². The molecule has 0 aromatic rings. The Morgan fingerprint density at radius 3 is 0.863 bits per heavy atom. The molecule has 0 bridgehead atoms. The highest BCUT2D eigenvalue weighted by molar-refractivity contribution is 5.14. The maximum atomic E-state index is 14.5. The van der Waals surface area contributed by atoms with E-state index in [2.05, 4.69) is 13.2 Å². The van der Waals surface area contributed by atoms with Crippen molar-refractivity contribution in [1.82, 2.24) is 0 Å². The molecule has 0 aliphatic rings. The van der Waals surface area contributed by atoms with Crippen LogP contribution >= 0.6 is 0 Å². The highest BCUT2D eigenvalue weighted by atomic mass is 19.4. The number of hydrogen-bond donors (Lipinski definition) is 0. The van der Waals surface area contributed by atoms with Crippen LogP contribution in [-0.4, -0.2) is 72.9 Å². The molecular weight excluding hydrogens is 770 g/mol. The topological polar surface area (TPSA) is 9.23 Å². The van der Waals surface area contributed by atoms with Gasteiger partial charge in [-0.15, -0.1) is 13.2 Å². The van der Waals surface area contributed by atoms with Crippen LogP contribution in [0, 0.1) is 11.8 Å². The quantitative estimate of drug-likeness (QED) is 0.0602. The Labute approximate surface area is 276 Å². The SMILES string of the molecule is C=CCC(CCCCCOCCCCCC(CC=C)C(F)(F)C(F)(F)C(F)(C(F)(F)F)C(F)(F)F)C(F)(F)C(F)(F)C(F)(C(F)(F)F)C(F)(F)F. The van der Waals surface area contributed by atoms with E-state index in [0.29, 0.717) is 12.2 Å². The zero-order valence-electron chi connectivity index (χ0n) is 25.9. The van der Waals surface area contributed by atoms with Gasteiger partial charge in [0, 0.05) is 25.0 Å². The van der Waals surface area contributed by atoms with Crippen LogP contribution in [0.25, 0.3) is 0 Å². The number of hydrogen-bond acceptors (Lipinski definition) is 1. The largest absolute Gasteiger partial charge is 0.438 e. The van der Waals surface area contributed by atoms with Gasteiger partial charge in [0.15, 0.2) is 0 Å². The standard InChI is InChI=1S/C28H32F22O/c1-3-11-17(19(29,30)23(35,36)21(33,25(39,40)41)26(42,43)44)13-7-5-9-15-51-16-10-6-8-14-18(12-4-2)20(31,32)24(37,38)22(34,27(45,46)47)28(48,49)50/h3-4,17-18H,1-2,5-16H2. The second kappa shape index (κ2) is 16.9. The van der Waals surface area contributed by atoms with Gasteiger partial charge < -0.3 is 4.74 Å². The molecule has 0 radical (unpaired) electrons. The van der Waals surface area contributed by atoms with Crippen LogP contribution in [0.1, 0.15) is 64.2 Å². The van der Waals surface area contributed by atoms with Gasteiger partial charge in [-0.3, -0.25) is 0 Å². The summed E-state index contributed by atoms with van der Waals surface area (Å²) in [6.07, 6.45) is -35.4. The lowest BCUT2D eigenvalue weighted by Crippen LogP contribution is -2.71. The molecule has 23 heteroatoms. The fraction of sp³-hybridized carbons (Fsp3) is 0.857. The van der Waals surface area contributed by atoms with Crippen molar-refractivity contribution in [2.24, 2.45) is 11.8 Å². The average Bonchev–Trinajstić information content (AvgIpc) is 2.94. The second-order valence-electron chi connectivity index (χ2n) is 11.5. The summed E-state index contributed by atoms with van der Waals surface area (Å²) in [6, 6.07) is 0. The van der Waals surface area contributed by atoms with Gasteiger partial charge in [-0.05, 0) is 38.5 Å². The summed E-state index contributed by atoms with van der Waals surface area (Å²) >= 11 is 0. The molecule has 0 saturated carbocycles. The Bertz CT molecular complexity index is 972. The van der Waals surface area contributed by atoms with Gasteiger partial charge in [0.05, 0.1) is 0 Å².